The van der Waals surface area contributed by atoms with Crippen molar-refractivity contribution in [3.8, 4) is 0 Å². The van der Waals surface area contributed by atoms with Crippen LogP contribution in [0.1, 0.15) is 13.8 Å². The quantitative estimate of drug-likeness (QED) is 0.894. The van der Waals surface area contributed by atoms with Crippen LogP contribution in [0.2, 0.25) is 10.0 Å². The molecule has 2 atom stereocenters. The summed E-state index contributed by atoms with van der Waals surface area (Å²) < 4.78 is 0. The number of carboxylic acid groups (broad SMARTS) is 1. The Hall–Kier alpha value is -1.26. The highest BCUT2D eigenvalue weighted by molar-refractivity contribution is 6.39. The number of amides is 1. The van der Waals surface area contributed by atoms with Crippen LogP contribution in [0.4, 0.5) is 5.69 Å². The number of para-hydroxylation sites is 1. The van der Waals surface area contributed by atoms with Gasteiger partial charge in [0.25, 0.3) is 0 Å². The van der Waals surface area contributed by atoms with Gasteiger partial charge in [-0.25, -0.2) is 0 Å². The van der Waals surface area contributed by atoms with Gasteiger partial charge in [0.2, 0.25) is 5.91 Å². The third kappa shape index (κ3) is 3.37. The Morgan fingerprint density at radius 1 is 1.17 bits per heavy atom. The van der Waals surface area contributed by atoms with Crippen molar-refractivity contribution in [3.05, 3.63) is 28.2 Å². The van der Waals surface area contributed by atoms with E-state index >= 15 is 0 Å². The molecule has 18 heavy (non-hydrogen) atoms. The van der Waals surface area contributed by atoms with E-state index in [1.54, 1.807) is 25.1 Å². The van der Waals surface area contributed by atoms with Gasteiger partial charge in [-0.05, 0) is 12.1 Å². The molecule has 0 bridgehead atoms. The number of rotatable bonds is 4. The predicted molar refractivity (Wildman–Crippen MR) is 71.1 cm³/mol. The first kappa shape index (κ1) is 14.8. The molecule has 0 fully saturated rings. The number of hydrogen-bond donors (Lipinski definition) is 2. The summed E-state index contributed by atoms with van der Waals surface area (Å²) in [6.45, 7) is 3.01. The number of aliphatic carboxylic acids is 1. The third-order valence-electron chi connectivity index (χ3n) is 2.76. The maximum Gasteiger partial charge on any atom is 0.307 e. The predicted octanol–water partition coefficient (Wildman–Crippen LogP) is 3.29. The Kier molecular flexibility index (Phi) is 4.99. The SMILES string of the molecule is CC(C(=O)O)C(C)C(=O)Nc1c(Cl)cccc1Cl. The lowest BCUT2D eigenvalue weighted by Gasteiger charge is -2.17. The Balaban J connectivity index is 2.85. The van der Waals surface area contributed by atoms with Gasteiger partial charge in [0.1, 0.15) is 0 Å². The lowest BCUT2D eigenvalue weighted by atomic mass is 9.95. The molecular formula is C12H13Cl2NO3. The smallest absolute Gasteiger partial charge is 0.307 e. The van der Waals surface area contributed by atoms with E-state index in [1.807, 2.05) is 0 Å². The van der Waals surface area contributed by atoms with E-state index in [1.165, 1.54) is 6.92 Å². The Labute approximate surface area is 115 Å². The second-order valence-corrected chi connectivity index (χ2v) is 4.82. The molecule has 0 aliphatic carbocycles. The zero-order valence-corrected chi connectivity index (χ0v) is 11.4. The first-order valence-electron chi connectivity index (χ1n) is 5.32. The minimum atomic E-state index is -1.03. The van der Waals surface area contributed by atoms with Crippen molar-refractivity contribution in [2.75, 3.05) is 5.32 Å². The summed E-state index contributed by atoms with van der Waals surface area (Å²) in [4.78, 5) is 22.7. The van der Waals surface area contributed by atoms with Gasteiger partial charge >= 0.3 is 5.97 Å². The maximum absolute atomic E-state index is 11.9. The highest BCUT2D eigenvalue weighted by Crippen LogP contribution is 2.30. The Bertz CT molecular complexity index is 456. The average Bonchev–Trinajstić information content (AvgIpc) is 2.31. The van der Waals surface area contributed by atoms with Crippen LogP contribution in [-0.2, 0) is 9.59 Å². The van der Waals surface area contributed by atoms with Gasteiger partial charge in [-0.1, -0.05) is 43.1 Å². The van der Waals surface area contributed by atoms with Gasteiger partial charge in [-0.2, -0.15) is 0 Å². The first-order chi connectivity index (χ1) is 8.34. The summed E-state index contributed by atoms with van der Waals surface area (Å²) in [7, 11) is 0. The second kappa shape index (κ2) is 6.07. The van der Waals surface area contributed by atoms with Crippen molar-refractivity contribution >= 4 is 40.8 Å². The van der Waals surface area contributed by atoms with E-state index in [0.717, 1.165) is 0 Å². The van der Waals surface area contributed by atoms with Crippen molar-refractivity contribution in [3.63, 3.8) is 0 Å². The molecule has 1 aromatic carbocycles. The summed E-state index contributed by atoms with van der Waals surface area (Å²) in [5, 5.41) is 12.0. The van der Waals surface area contributed by atoms with E-state index in [2.05, 4.69) is 5.32 Å². The molecule has 0 aliphatic heterocycles. The molecule has 4 nitrogen and oxygen atoms in total. The molecule has 0 saturated heterocycles. The van der Waals surface area contributed by atoms with Crippen LogP contribution in [-0.4, -0.2) is 17.0 Å². The molecule has 0 spiro atoms. The van der Waals surface area contributed by atoms with Crippen molar-refractivity contribution in [1.29, 1.82) is 0 Å². The minimum Gasteiger partial charge on any atom is -0.481 e. The summed E-state index contributed by atoms with van der Waals surface area (Å²) in [6.07, 6.45) is 0. The third-order valence-corrected chi connectivity index (χ3v) is 3.39. The van der Waals surface area contributed by atoms with Crippen molar-refractivity contribution < 1.29 is 14.7 Å². The molecule has 6 heteroatoms. The molecule has 1 rings (SSSR count). The molecule has 2 N–H and O–H groups in total. The van der Waals surface area contributed by atoms with Gasteiger partial charge in [-0.3, -0.25) is 9.59 Å². The van der Waals surface area contributed by atoms with Crippen LogP contribution >= 0.6 is 23.2 Å². The van der Waals surface area contributed by atoms with E-state index in [-0.39, 0.29) is 0 Å². The molecule has 0 heterocycles. The Morgan fingerprint density at radius 2 is 1.67 bits per heavy atom. The molecule has 1 aromatic rings. The molecule has 98 valence electrons. The fourth-order valence-electron chi connectivity index (χ4n) is 1.30. The van der Waals surface area contributed by atoms with Crippen LogP contribution in [0.3, 0.4) is 0 Å². The van der Waals surface area contributed by atoms with Gasteiger partial charge in [0.05, 0.1) is 21.7 Å². The van der Waals surface area contributed by atoms with Crippen LogP contribution in [0, 0.1) is 11.8 Å². The minimum absolute atomic E-state index is 0.301. The number of hydrogen-bond acceptors (Lipinski definition) is 2. The van der Waals surface area contributed by atoms with Crippen LogP contribution in [0.25, 0.3) is 0 Å². The number of carbonyl (C=O) groups is 2. The summed E-state index contributed by atoms with van der Waals surface area (Å²) in [5.74, 6) is -2.93. The molecule has 1 amide bonds. The highest BCUT2D eigenvalue weighted by atomic mass is 35.5. The van der Waals surface area contributed by atoms with E-state index < -0.39 is 23.7 Å². The monoisotopic (exact) mass is 289 g/mol. The second-order valence-electron chi connectivity index (χ2n) is 4.00. The fraction of sp³-hybridized carbons (Fsp3) is 0.333. The average molecular weight is 290 g/mol. The lowest BCUT2D eigenvalue weighted by Crippen LogP contribution is -2.30. The molecule has 0 radical (unpaired) electrons. The topological polar surface area (TPSA) is 66.4 Å². The maximum atomic E-state index is 11.9. The zero-order valence-electron chi connectivity index (χ0n) is 9.91. The summed E-state index contributed by atoms with van der Waals surface area (Å²) in [6, 6.07) is 4.84. The van der Waals surface area contributed by atoms with Crippen LogP contribution in [0.5, 0.6) is 0 Å². The van der Waals surface area contributed by atoms with Crippen LogP contribution < -0.4 is 5.32 Å². The van der Waals surface area contributed by atoms with Crippen LogP contribution in [0.15, 0.2) is 18.2 Å². The molecule has 2 unspecified atom stereocenters. The number of carbonyl (C=O) groups excluding carboxylic acids is 1. The number of nitrogens with one attached hydrogen (secondary N) is 1. The molecule has 0 aliphatic rings. The van der Waals surface area contributed by atoms with Gasteiger partial charge in [-0.15, -0.1) is 0 Å². The van der Waals surface area contributed by atoms with Gasteiger partial charge in [0.15, 0.2) is 0 Å². The fourth-order valence-corrected chi connectivity index (χ4v) is 1.79. The van der Waals surface area contributed by atoms with Crippen molar-refractivity contribution in [1.82, 2.24) is 0 Å². The zero-order chi connectivity index (χ0) is 13.9. The van der Waals surface area contributed by atoms with Crippen molar-refractivity contribution in [2.24, 2.45) is 11.8 Å². The first-order valence-corrected chi connectivity index (χ1v) is 6.08. The summed E-state index contributed by atoms with van der Waals surface area (Å²) in [5.41, 5.74) is 0.301. The molecule has 0 aromatic heterocycles. The van der Waals surface area contributed by atoms with Gasteiger partial charge in [0, 0.05) is 5.92 Å². The normalized spacial score (nSPS) is 13.8. The lowest BCUT2D eigenvalue weighted by molar-refractivity contribution is -0.145. The number of halogens is 2. The van der Waals surface area contributed by atoms with E-state index in [9.17, 15) is 9.59 Å². The molecular weight excluding hydrogens is 277 g/mol. The highest BCUT2D eigenvalue weighted by Gasteiger charge is 2.26. The van der Waals surface area contributed by atoms with Crippen molar-refractivity contribution in [2.45, 2.75) is 13.8 Å². The molecule has 0 saturated carbocycles. The Morgan fingerprint density at radius 3 is 2.11 bits per heavy atom. The van der Waals surface area contributed by atoms with E-state index in [0.29, 0.717) is 15.7 Å². The van der Waals surface area contributed by atoms with Gasteiger partial charge < -0.3 is 10.4 Å². The largest absolute Gasteiger partial charge is 0.481 e. The number of benzene rings is 1. The summed E-state index contributed by atoms with van der Waals surface area (Å²) >= 11 is 11.8. The standard InChI is InChI=1S/C12H13Cl2NO3/c1-6(7(2)12(17)18)11(16)15-10-8(13)4-3-5-9(10)14/h3-7H,1-2H3,(H,15,16)(H,17,18). The number of carboxylic acids is 1. The number of anilines is 1. The van der Waals surface area contributed by atoms with E-state index in [4.69, 9.17) is 28.3 Å².